The molecule has 0 aliphatic rings. The number of nitrogens with zero attached hydrogens (tertiary/aromatic N) is 1. The minimum absolute atomic E-state index is 0.795. The number of rotatable bonds is 8. The SMILES string of the molecule is CCCCCCCCO[n+]1cccc2cc(C)ccc21. The first-order valence-corrected chi connectivity index (χ1v) is 7.85. The zero-order valence-electron chi connectivity index (χ0n) is 12.8. The molecule has 0 fully saturated rings. The largest absolute Gasteiger partial charge is 0.271 e. The van der Waals surface area contributed by atoms with Crippen molar-refractivity contribution < 1.29 is 9.57 Å². The second-order valence-electron chi connectivity index (χ2n) is 5.50. The summed E-state index contributed by atoms with van der Waals surface area (Å²) >= 11 is 0. The summed E-state index contributed by atoms with van der Waals surface area (Å²) in [6.07, 6.45) is 9.76. The average Bonchev–Trinajstić information content (AvgIpc) is 2.46. The van der Waals surface area contributed by atoms with Gasteiger partial charge in [0, 0.05) is 16.9 Å². The van der Waals surface area contributed by atoms with Crippen LogP contribution < -0.4 is 9.57 Å². The van der Waals surface area contributed by atoms with Gasteiger partial charge in [-0.3, -0.25) is 4.84 Å². The summed E-state index contributed by atoms with van der Waals surface area (Å²) in [5.74, 6) is 0. The number of fused-ring (bicyclic) bond motifs is 1. The van der Waals surface area contributed by atoms with Gasteiger partial charge in [-0.05, 0) is 31.9 Å². The Hall–Kier alpha value is -1.57. The molecule has 0 saturated carbocycles. The molecule has 1 heterocycles. The Kier molecular flexibility index (Phi) is 5.85. The van der Waals surface area contributed by atoms with Crippen LogP contribution in [0.5, 0.6) is 0 Å². The van der Waals surface area contributed by atoms with Crippen molar-refractivity contribution in [2.75, 3.05) is 6.61 Å². The number of hydrogen-bond acceptors (Lipinski definition) is 1. The number of unbranched alkanes of at least 4 members (excludes halogenated alkanes) is 5. The van der Waals surface area contributed by atoms with Crippen molar-refractivity contribution in [3.63, 3.8) is 0 Å². The Morgan fingerprint density at radius 1 is 1.00 bits per heavy atom. The Morgan fingerprint density at radius 3 is 2.65 bits per heavy atom. The molecular weight excluding hydrogens is 246 g/mol. The fourth-order valence-corrected chi connectivity index (χ4v) is 2.47. The Bertz CT molecular complexity index is 536. The van der Waals surface area contributed by atoms with Crippen LogP contribution >= 0.6 is 0 Å². The highest BCUT2D eigenvalue weighted by molar-refractivity contribution is 5.75. The quantitative estimate of drug-likeness (QED) is 0.518. The molecule has 1 aromatic heterocycles. The third-order valence-electron chi connectivity index (χ3n) is 3.65. The van der Waals surface area contributed by atoms with Crippen molar-refractivity contribution in [3.8, 4) is 0 Å². The highest BCUT2D eigenvalue weighted by Gasteiger charge is 2.09. The summed E-state index contributed by atoms with van der Waals surface area (Å²) in [5, 5.41) is 1.23. The van der Waals surface area contributed by atoms with E-state index in [9.17, 15) is 0 Å². The number of hydrogen-bond donors (Lipinski definition) is 0. The molecule has 0 unspecified atom stereocenters. The molecule has 1 aromatic carbocycles. The predicted octanol–water partition coefficient (Wildman–Crippen LogP) is 4.22. The van der Waals surface area contributed by atoms with Gasteiger partial charge in [-0.15, -0.1) is 0 Å². The van der Waals surface area contributed by atoms with Crippen molar-refractivity contribution in [2.45, 2.75) is 52.4 Å². The molecule has 0 amide bonds. The molecule has 0 N–H and O–H groups in total. The highest BCUT2D eigenvalue weighted by Crippen LogP contribution is 2.11. The van der Waals surface area contributed by atoms with E-state index in [1.54, 1.807) is 0 Å². The van der Waals surface area contributed by atoms with Crippen LogP contribution in [0.3, 0.4) is 0 Å². The fourth-order valence-electron chi connectivity index (χ4n) is 2.47. The molecule has 2 aromatic rings. The number of aryl methyl sites for hydroxylation is 1. The molecular formula is C18H26NO+. The van der Waals surface area contributed by atoms with E-state index in [2.05, 4.69) is 38.1 Å². The normalized spacial score (nSPS) is 10.9. The Morgan fingerprint density at radius 2 is 1.80 bits per heavy atom. The molecule has 0 spiro atoms. The minimum Gasteiger partial charge on any atom is -0.271 e. The summed E-state index contributed by atoms with van der Waals surface area (Å²) in [5.41, 5.74) is 2.43. The Balaban J connectivity index is 1.84. The van der Waals surface area contributed by atoms with Crippen LogP contribution in [0.4, 0.5) is 0 Å². The van der Waals surface area contributed by atoms with Gasteiger partial charge in [0.15, 0.2) is 6.61 Å². The van der Waals surface area contributed by atoms with E-state index in [0.717, 1.165) is 18.5 Å². The summed E-state index contributed by atoms with van der Waals surface area (Å²) in [6.45, 7) is 5.17. The van der Waals surface area contributed by atoms with Gasteiger partial charge in [0.1, 0.15) is 0 Å². The molecule has 0 atom stereocenters. The fraction of sp³-hybridized carbons (Fsp3) is 0.500. The summed E-state index contributed by atoms with van der Waals surface area (Å²) in [4.78, 5) is 5.88. The van der Waals surface area contributed by atoms with Gasteiger partial charge in [-0.25, -0.2) is 0 Å². The van der Waals surface area contributed by atoms with E-state index in [1.807, 2.05) is 17.0 Å². The predicted molar refractivity (Wildman–Crippen MR) is 83.7 cm³/mol. The second kappa shape index (κ2) is 7.88. The van der Waals surface area contributed by atoms with Crippen LogP contribution in [0.1, 0.15) is 51.0 Å². The maximum atomic E-state index is 5.88. The zero-order valence-corrected chi connectivity index (χ0v) is 12.8. The summed E-state index contributed by atoms with van der Waals surface area (Å²) in [6, 6.07) is 10.6. The first kappa shape index (κ1) is 14.8. The zero-order chi connectivity index (χ0) is 14.2. The van der Waals surface area contributed by atoms with Crippen molar-refractivity contribution in [1.82, 2.24) is 0 Å². The van der Waals surface area contributed by atoms with Gasteiger partial charge in [-0.1, -0.05) is 44.2 Å². The molecule has 0 aliphatic heterocycles. The maximum absolute atomic E-state index is 5.88. The van der Waals surface area contributed by atoms with Gasteiger partial charge in [0.05, 0.1) is 5.39 Å². The first-order chi connectivity index (χ1) is 9.81. The van der Waals surface area contributed by atoms with E-state index in [-0.39, 0.29) is 0 Å². The standard InChI is InChI=1S/C18H26NO/c1-3-4-5-6-7-8-14-20-19-13-9-10-17-15-16(2)11-12-18(17)19/h9-13,15H,3-8,14H2,1-2H3/q+1. The number of aromatic nitrogens is 1. The average molecular weight is 272 g/mol. The topological polar surface area (TPSA) is 13.1 Å². The van der Waals surface area contributed by atoms with E-state index >= 15 is 0 Å². The molecule has 2 heteroatoms. The molecule has 20 heavy (non-hydrogen) atoms. The van der Waals surface area contributed by atoms with E-state index in [0.29, 0.717) is 0 Å². The first-order valence-electron chi connectivity index (χ1n) is 7.85. The second-order valence-corrected chi connectivity index (χ2v) is 5.50. The summed E-state index contributed by atoms with van der Waals surface area (Å²) in [7, 11) is 0. The molecule has 0 bridgehead atoms. The summed E-state index contributed by atoms with van der Waals surface area (Å²) < 4.78 is 1.90. The number of benzene rings is 1. The molecule has 2 nitrogen and oxygen atoms in total. The molecule has 0 radical (unpaired) electrons. The van der Waals surface area contributed by atoms with Crippen molar-refractivity contribution >= 4 is 10.9 Å². The van der Waals surface area contributed by atoms with Gasteiger partial charge in [0.25, 0.3) is 5.52 Å². The van der Waals surface area contributed by atoms with Crippen molar-refractivity contribution in [2.24, 2.45) is 0 Å². The van der Waals surface area contributed by atoms with Gasteiger partial charge < -0.3 is 0 Å². The lowest BCUT2D eigenvalue weighted by Crippen LogP contribution is -2.43. The van der Waals surface area contributed by atoms with Crippen molar-refractivity contribution in [3.05, 3.63) is 42.1 Å². The highest BCUT2D eigenvalue weighted by atomic mass is 16.7. The lowest BCUT2D eigenvalue weighted by molar-refractivity contribution is -0.871. The molecule has 0 aliphatic carbocycles. The Labute approximate surface area is 122 Å². The van der Waals surface area contributed by atoms with Crippen LogP contribution in [0.2, 0.25) is 0 Å². The molecule has 2 rings (SSSR count). The van der Waals surface area contributed by atoms with Crippen LogP contribution in [0, 0.1) is 6.92 Å². The molecule has 0 saturated heterocycles. The number of pyridine rings is 1. The maximum Gasteiger partial charge on any atom is 0.264 e. The third-order valence-corrected chi connectivity index (χ3v) is 3.65. The van der Waals surface area contributed by atoms with Crippen LogP contribution in [-0.4, -0.2) is 6.61 Å². The van der Waals surface area contributed by atoms with E-state index < -0.39 is 0 Å². The van der Waals surface area contributed by atoms with Gasteiger partial charge >= 0.3 is 0 Å². The smallest absolute Gasteiger partial charge is 0.264 e. The van der Waals surface area contributed by atoms with Crippen LogP contribution in [0.25, 0.3) is 10.9 Å². The lowest BCUT2D eigenvalue weighted by atomic mass is 10.1. The van der Waals surface area contributed by atoms with Gasteiger partial charge in [-0.2, -0.15) is 0 Å². The lowest BCUT2D eigenvalue weighted by Gasteiger charge is -2.02. The monoisotopic (exact) mass is 272 g/mol. The van der Waals surface area contributed by atoms with Crippen LogP contribution in [0.15, 0.2) is 36.5 Å². The van der Waals surface area contributed by atoms with Crippen LogP contribution in [-0.2, 0) is 0 Å². The molecule has 108 valence electrons. The van der Waals surface area contributed by atoms with Gasteiger partial charge in [0.2, 0.25) is 6.20 Å². The minimum atomic E-state index is 0.795. The third kappa shape index (κ3) is 4.22. The van der Waals surface area contributed by atoms with Crippen molar-refractivity contribution in [1.29, 1.82) is 0 Å². The van der Waals surface area contributed by atoms with E-state index in [1.165, 1.54) is 43.1 Å². The van der Waals surface area contributed by atoms with E-state index in [4.69, 9.17) is 4.84 Å².